The number of hydrogen-bond acceptors (Lipinski definition) is 3. The van der Waals surface area contributed by atoms with Gasteiger partial charge in [0.15, 0.2) is 6.10 Å². The summed E-state index contributed by atoms with van der Waals surface area (Å²) in [6, 6.07) is 11.3. The zero-order valence-corrected chi connectivity index (χ0v) is 15.3. The molecule has 0 radical (unpaired) electrons. The van der Waals surface area contributed by atoms with Gasteiger partial charge < -0.3 is 4.74 Å². The number of amides is 2. The van der Waals surface area contributed by atoms with Crippen LogP contribution in [0.5, 0.6) is 5.75 Å². The summed E-state index contributed by atoms with van der Waals surface area (Å²) in [6.07, 6.45) is -0.737. The predicted octanol–water partition coefficient (Wildman–Crippen LogP) is 3.15. The van der Waals surface area contributed by atoms with Crippen LogP contribution in [0, 0.1) is 27.7 Å². The minimum Gasteiger partial charge on any atom is -0.481 e. The van der Waals surface area contributed by atoms with E-state index in [0.29, 0.717) is 11.3 Å². The maximum Gasteiger partial charge on any atom is 0.279 e. The molecule has 5 nitrogen and oxygen atoms in total. The van der Waals surface area contributed by atoms with Crippen molar-refractivity contribution >= 4 is 11.8 Å². The molecule has 2 amide bonds. The van der Waals surface area contributed by atoms with E-state index in [1.54, 1.807) is 13.0 Å². The minimum absolute atomic E-state index is 0.353. The average Bonchev–Trinajstić information content (AvgIpc) is 2.58. The van der Waals surface area contributed by atoms with Gasteiger partial charge in [-0.25, -0.2) is 0 Å². The van der Waals surface area contributed by atoms with E-state index in [-0.39, 0.29) is 5.91 Å². The Morgan fingerprint density at radius 1 is 0.960 bits per heavy atom. The van der Waals surface area contributed by atoms with E-state index >= 15 is 0 Å². The van der Waals surface area contributed by atoms with Gasteiger partial charge in [-0.2, -0.15) is 0 Å². The molecule has 0 unspecified atom stereocenters. The van der Waals surface area contributed by atoms with Gasteiger partial charge >= 0.3 is 0 Å². The number of hydrogen-bond donors (Lipinski definition) is 2. The van der Waals surface area contributed by atoms with E-state index in [2.05, 4.69) is 10.9 Å². The zero-order valence-electron chi connectivity index (χ0n) is 15.3. The maximum absolute atomic E-state index is 12.2. The van der Waals surface area contributed by atoms with Crippen molar-refractivity contribution in [2.75, 3.05) is 0 Å². The van der Waals surface area contributed by atoms with Crippen molar-refractivity contribution in [3.05, 3.63) is 64.2 Å². The molecule has 0 fully saturated rings. The van der Waals surface area contributed by atoms with E-state index in [1.807, 2.05) is 58.0 Å². The number of ether oxygens (including phenoxy) is 1. The Kier molecular flexibility index (Phi) is 5.80. The molecular weight excluding hydrogens is 316 g/mol. The molecule has 0 aliphatic carbocycles. The molecule has 25 heavy (non-hydrogen) atoms. The molecule has 0 saturated carbocycles. The Bertz CT molecular complexity index is 800. The number of carbonyl (C=O) groups excluding carboxylic acids is 2. The quantitative estimate of drug-likeness (QED) is 0.840. The molecule has 0 saturated heterocycles. The van der Waals surface area contributed by atoms with Gasteiger partial charge in [0, 0.05) is 5.56 Å². The highest BCUT2D eigenvalue weighted by atomic mass is 16.5. The van der Waals surface area contributed by atoms with Gasteiger partial charge in [0.2, 0.25) is 0 Å². The second-order valence-corrected chi connectivity index (χ2v) is 6.22. The molecule has 132 valence electrons. The van der Waals surface area contributed by atoms with E-state index in [0.717, 1.165) is 22.3 Å². The van der Waals surface area contributed by atoms with E-state index in [9.17, 15) is 9.59 Å². The van der Waals surface area contributed by atoms with Crippen molar-refractivity contribution in [3.8, 4) is 5.75 Å². The molecule has 2 N–H and O–H groups in total. The van der Waals surface area contributed by atoms with Gasteiger partial charge in [0.05, 0.1) is 0 Å². The number of nitrogens with one attached hydrogen (secondary N) is 2. The molecule has 2 rings (SSSR count). The van der Waals surface area contributed by atoms with E-state index in [1.165, 1.54) is 0 Å². The van der Waals surface area contributed by atoms with E-state index in [4.69, 9.17) is 4.74 Å². The van der Waals surface area contributed by atoms with Crippen molar-refractivity contribution in [2.45, 2.75) is 40.7 Å². The van der Waals surface area contributed by atoms with Crippen molar-refractivity contribution in [1.29, 1.82) is 0 Å². The van der Waals surface area contributed by atoms with Gasteiger partial charge in [-0.1, -0.05) is 29.8 Å². The normalized spacial score (nSPS) is 11.6. The zero-order chi connectivity index (χ0) is 18.6. The van der Waals surface area contributed by atoms with Crippen LogP contribution in [0.25, 0.3) is 0 Å². The van der Waals surface area contributed by atoms with Crippen molar-refractivity contribution in [1.82, 2.24) is 10.9 Å². The first-order valence-electron chi connectivity index (χ1n) is 8.20. The SMILES string of the molecule is Cc1ccc(C)c(C(=O)NNC(=O)[C@@H](C)Oc2cccc(C)c2C)c1. The molecule has 0 aliphatic heterocycles. The molecular formula is C20H24N2O3. The summed E-state index contributed by atoms with van der Waals surface area (Å²) in [5, 5.41) is 0. The molecule has 2 aromatic rings. The van der Waals surface area contributed by atoms with Crippen LogP contribution in [0.3, 0.4) is 0 Å². The highest BCUT2D eigenvalue weighted by Gasteiger charge is 2.17. The molecule has 0 aromatic heterocycles. The first kappa shape index (κ1) is 18.5. The van der Waals surface area contributed by atoms with Crippen molar-refractivity contribution < 1.29 is 14.3 Å². The Balaban J connectivity index is 1.96. The van der Waals surface area contributed by atoms with Crippen LogP contribution in [0.15, 0.2) is 36.4 Å². The topological polar surface area (TPSA) is 67.4 Å². The second-order valence-electron chi connectivity index (χ2n) is 6.22. The largest absolute Gasteiger partial charge is 0.481 e. The fourth-order valence-corrected chi connectivity index (χ4v) is 2.36. The summed E-state index contributed by atoms with van der Waals surface area (Å²) in [6.45, 7) is 9.33. The highest BCUT2D eigenvalue weighted by Crippen LogP contribution is 2.21. The summed E-state index contributed by atoms with van der Waals surface area (Å²) < 4.78 is 5.71. The number of hydrazine groups is 1. The predicted molar refractivity (Wildman–Crippen MR) is 97.5 cm³/mol. The number of rotatable bonds is 4. The average molecular weight is 340 g/mol. The van der Waals surface area contributed by atoms with Crippen LogP contribution in [0.1, 0.15) is 39.5 Å². The van der Waals surface area contributed by atoms with Crippen LogP contribution in [0.2, 0.25) is 0 Å². The lowest BCUT2D eigenvalue weighted by atomic mass is 10.1. The van der Waals surface area contributed by atoms with Crippen molar-refractivity contribution in [2.24, 2.45) is 0 Å². The monoisotopic (exact) mass is 340 g/mol. The number of aryl methyl sites for hydroxylation is 3. The molecule has 5 heteroatoms. The van der Waals surface area contributed by atoms with Gasteiger partial charge in [0.25, 0.3) is 11.8 Å². The van der Waals surface area contributed by atoms with Gasteiger partial charge in [0.1, 0.15) is 5.75 Å². The van der Waals surface area contributed by atoms with Crippen LogP contribution < -0.4 is 15.6 Å². The smallest absolute Gasteiger partial charge is 0.279 e. The minimum atomic E-state index is -0.737. The summed E-state index contributed by atoms with van der Waals surface area (Å²) in [5.41, 5.74) is 9.29. The molecule has 0 heterocycles. The fourth-order valence-electron chi connectivity index (χ4n) is 2.36. The summed E-state index contributed by atoms with van der Waals surface area (Å²) in [5.74, 6) is -0.114. The lowest BCUT2D eigenvalue weighted by Crippen LogP contribution is -2.47. The first-order valence-corrected chi connectivity index (χ1v) is 8.20. The second kappa shape index (κ2) is 7.83. The molecule has 0 aliphatic rings. The van der Waals surface area contributed by atoms with Gasteiger partial charge in [-0.15, -0.1) is 0 Å². The summed E-state index contributed by atoms with van der Waals surface area (Å²) >= 11 is 0. The van der Waals surface area contributed by atoms with Crippen molar-refractivity contribution in [3.63, 3.8) is 0 Å². The number of carbonyl (C=O) groups is 2. The van der Waals surface area contributed by atoms with Crippen LogP contribution >= 0.6 is 0 Å². The maximum atomic E-state index is 12.2. The Morgan fingerprint density at radius 3 is 2.40 bits per heavy atom. The molecule has 0 bridgehead atoms. The molecule has 1 atom stereocenters. The lowest BCUT2D eigenvalue weighted by Gasteiger charge is -2.17. The Morgan fingerprint density at radius 2 is 1.68 bits per heavy atom. The van der Waals surface area contributed by atoms with Crippen LogP contribution in [0.4, 0.5) is 0 Å². The third-order valence-corrected chi connectivity index (χ3v) is 4.16. The third-order valence-electron chi connectivity index (χ3n) is 4.16. The fraction of sp³-hybridized carbons (Fsp3) is 0.300. The van der Waals surface area contributed by atoms with Crippen LogP contribution in [-0.4, -0.2) is 17.9 Å². The highest BCUT2D eigenvalue weighted by molar-refractivity contribution is 5.97. The third kappa shape index (κ3) is 4.59. The lowest BCUT2D eigenvalue weighted by molar-refractivity contribution is -0.128. The van der Waals surface area contributed by atoms with Gasteiger partial charge in [-0.05, 0) is 63.4 Å². The first-order chi connectivity index (χ1) is 11.8. The summed E-state index contributed by atoms with van der Waals surface area (Å²) in [7, 11) is 0. The van der Waals surface area contributed by atoms with Gasteiger partial charge in [-0.3, -0.25) is 20.4 Å². The Labute approximate surface area is 148 Å². The summed E-state index contributed by atoms with van der Waals surface area (Å²) in [4.78, 5) is 24.4. The Hall–Kier alpha value is -2.82. The standard InChI is InChI=1S/C20H24N2O3/c1-12-9-10-14(3)17(11-12)20(24)22-21-19(23)16(5)25-18-8-6-7-13(2)15(18)4/h6-11,16H,1-5H3,(H,21,23)(H,22,24)/t16-/m1/s1. The molecule has 0 spiro atoms. The van der Waals surface area contributed by atoms with E-state index < -0.39 is 12.0 Å². The number of benzene rings is 2. The van der Waals surface area contributed by atoms with Crippen LogP contribution in [-0.2, 0) is 4.79 Å². The molecule has 2 aromatic carbocycles.